The van der Waals surface area contributed by atoms with Crippen LogP contribution in [0.15, 0.2) is 70.9 Å². The van der Waals surface area contributed by atoms with Gasteiger partial charge in [-0.05, 0) is 0 Å². The minimum absolute atomic E-state index is 0.432. The molecule has 0 atom stereocenters. The van der Waals surface area contributed by atoms with Crippen LogP contribution in [0.4, 0.5) is 0 Å². The van der Waals surface area contributed by atoms with Gasteiger partial charge < -0.3 is 0 Å². The Morgan fingerprint density at radius 3 is 1.38 bits per heavy atom. The predicted molar refractivity (Wildman–Crippen MR) is 109 cm³/mol. The molecule has 0 radical (unpaired) electrons. The van der Waals surface area contributed by atoms with E-state index in [1.54, 1.807) is 9.10 Å². The number of rotatable bonds is 2. The van der Waals surface area contributed by atoms with E-state index in [1.807, 2.05) is 74.0 Å². The van der Waals surface area contributed by atoms with E-state index in [4.69, 9.17) is 31.5 Å². The van der Waals surface area contributed by atoms with E-state index < -0.39 is 13.0 Å². The quantitative estimate of drug-likeness (QED) is 0.588. The van der Waals surface area contributed by atoms with Crippen molar-refractivity contribution in [2.45, 2.75) is 0 Å². The van der Waals surface area contributed by atoms with Gasteiger partial charge in [0, 0.05) is 0 Å². The van der Waals surface area contributed by atoms with E-state index in [2.05, 4.69) is 10.2 Å². The SMILES string of the molecule is CP12(Cl)OC(c3ccccc3)=NN1P1(C)(Cl)OC(c3ccccc3)=NN21. The molecule has 2 aromatic carbocycles. The monoisotopic (exact) mass is 428 g/mol. The summed E-state index contributed by atoms with van der Waals surface area (Å²) in [5.41, 5.74) is 1.66. The molecule has 0 bridgehead atoms. The zero-order chi connectivity index (χ0) is 18.3. The van der Waals surface area contributed by atoms with Crippen molar-refractivity contribution < 1.29 is 9.05 Å². The molecule has 3 aliphatic rings. The van der Waals surface area contributed by atoms with Gasteiger partial charge in [0.2, 0.25) is 0 Å². The maximum atomic E-state index is 7.04. The Balaban J connectivity index is 1.59. The number of benzene rings is 2. The second-order valence-electron chi connectivity index (χ2n) is 6.71. The van der Waals surface area contributed by atoms with Crippen molar-refractivity contribution in [3.05, 3.63) is 71.8 Å². The first kappa shape index (κ1) is 16.6. The van der Waals surface area contributed by atoms with Crippen LogP contribution in [0.25, 0.3) is 0 Å². The molecule has 0 aromatic heterocycles. The van der Waals surface area contributed by atoms with Gasteiger partial charge in [0.05, 0.1) is 0 Å². The summed E-state index contributed by atoms with van der Waals surface area (Å²) < 4.78 is 15.7. The molecule has 3 aliphatic heterocycles. The summed E-state index contributed by atoms with van der Waals surface area (Å²) in [5, 5.41) is 9.25. The zero-order valence-corrected chi connectivity index (χ0v) is 17.3. The van der Waals surface area contributed by atoms with Crippen molar-refractivity contribution in [1.82, 2.24) is 9.10 Å². The van der Waals surface area contributed by atoms with E-state index >= 15 is 0 Å². The van der Waals surface area contributed by atoms with Crippen molar-refractivity contribution in [2.75, 3.05) is 13.3 Å². The average Bonchev–Trinajstić information content (AvgIpc) is 3.08. The zero-order valence-electron chi connectivity index (χ0n) is 14.0. The van der Waals surface area contributed by atoms with Gasteiger partial charge in [-0.15, -0.1) is 0 Å². The van der Waals surface area contributed by atoms with E-state index in [1.165, 1.54) is 0 Å². The van der Waals surface area contributed by atoms with Crippen LogP contribution in [0.5, 0.6) is 0 Å². The van der Waals surface area contributed by atoms with Gasteiger partial charge in [-0.3, -0.25) is 0 Å². The second kappa shape index (κ2) is 4.63. The molecule has 0 unspecified atom stereocenters. The third-order valence-corrected chi connectivity index (χ3v) is 17.8. The number of fused-ring (bicyclic) bond motifs is 4. The third kappa shape index (κ3) is 1.86. The molecule has 1 saturated heterocycles. The Morgan fingerprint density at radius 1 is 0.692 bits per heavy atom. The van der Waals surface area contributed by atoms with Gasteiger partial charge in [0.15, 0.2) is 0 Å². The molecule has 0 aliphatic carbocycles. The van der Waals surface area contributed by atoms with Gasteiger partial charge in [-0.25, -0.2) is 0 Å². The van der Waals surface area contributed by atoms with Crippen LogP contribution in [0.3, 0.4) is 0 Å². The van der Waals surface area contributed by atoms with Crippen LogP contribution in [0, 0.1) is 0 Å². The number of nitrogens with zero attached hydrogens (tertiary/aromatic N) is 4. The van der Waals surface area contributed by atoms with Gasteiger partial charge in [-0.1, -0.05) is 0 Å². The molecule has 10 heteroatoms. The summed E-state index contributed by atoms with van der Waals surface area (Å²) in [4.78, 5) is 0. The summed E-state index contributed by atoms with van der Waals surface area (Å²) in [6.45, 7) is -3.58. The van der Waals surface area contributed by atoms with Crippen molar-refractivity contribution in [2.24, 2.45) is 10.2 Å². The van der Waals surface area contributed by atoms with E-state index in [9.17, 15) is 0 Å². The Bertz CT molecular complexity index is 900. The first-order valence-corrected chi connectivity index (χ1v) is 14.8. The van der Waals surface area contributed by atoms with Crippen molar-refractivity contribution in [3.63, 3.8) is 0 Å². The molecular formula is C16H16Cl2N4O2P2. The summed E-state index contributed by atoms with van der Waals surface area (Å²) in [7, 11) is 0. The summed E-state index contributed by atoms with van der Waals surface area (Å²) in [5.74, 6) is 0.864. The van der Waals surface area contributed by atoms with Gasteiger partial charge in [0.1, 0.15) is 0 Å². The van der Waals surface area contributed by atoms with Gasteiger partial charge >= 0.3 is 161 Å². The molecule has 2 aromatic rings. The molecule has 0 spiro atoms. The molecule has 5 rings (SSSR count). The van der Waals surface area contributed by atoms with Gasteiger partial charge in [-0.2, -0.15) is 0 Å². The van der Waals surface area contributed by atoms with Crippen LogP contribution in [0.2, 0.25) is 0 Å². The number of hydrogen-bond donors (Lipinski definition) is 0. The Hall–Kier alpha value is -1.58. The fourth-order valence-corrected chi connectivity index (χ4v) is 21.4. The predicted octanol–water partition coefficient (Wildman–Crippen LogP) is 5.55. The van der Waals surface area contributed by atoms with E-state index in [0.717, 1.165) is 11.1 Å². The molecule has 26 heavy (non-hydrogen) atoms. The Labute approximate surface area is 160 Å². The van der Waals surface area contributed by atoms with E-state index in [-0.39, 0.29) is 0 Å². The molecule has 136 valence electrons. The van der Waals surface area contributed by atoms with Crippen molar-refractivity contribution in [3.8, 4) is 0 Å². The van der Waals surface area contributed by atoms with Crippen molar-refractivity contribution in [1.29, 1.82) is 0 Å². The first-order chi connectivity index (χ1) is 12.2. The molecule has 3 heterocycles. The fraction of sp³-hybridized carbons (Fsp3) is 0.125. The standard InChI is InChI=1S/C16H16Cl2N4O2P2/c1-25(17)21(19-15(23-25)13-9-5-3-6-10-13)26(2,18)22(25)20-16(24-26)14-11-7-4-8-12-14/h3-12H,1-2H3. The molecule has 1 fully saturated rings. The summed E-state index contributed by atoms with van der Waals surface area (Å²) in [6.07, 6.45) is 0. The van der Waals surface area contributed by atoms with Crippen LogP contribution >= 0.6 is 35.5 Å². The van der Waals surface area contributed by atoms with Crippen molar-refractivity contribution >= 4 is 47.2 Å². The van der Waals surface area contributed by atoms with E-state index in [0.29, 0.717) is 11.8 Å². The van der Waals surface area contributed by atoms with Crippen LogP contribution < -0.4 is 0 Å². The molecule has 0 N–H and O–H groups in total. The molecular weight excluding hydrogens is 413 g/mol. The Kier molecular flexibility index (Phi) is 2.95. The maximum absolute atomic E-state index is 7.04. The van der Waals surface area contributed by atoms with Crippen LogP contribution in [0.1, 0.15) is 11.1 Å². The number of hydrogen-bond acceptors (Lipinski definition) is 6. The summed E-state index contributed by atoms with van der Waals surface area (Å²) in [6, 6.07) is 19.2. The van der Waals surface area contributed by atoms with Crippen LogP contribution in [-0.4, -0.2) is 34.2 Å². The number of hydrazone groups is 2. The first-order valence-electron chi connectivity index (χ1n) is 7.97. The molecule has 0 saturated carbocycles. The Morgan fingerprint density at radius 2 is 1.04 bits per heavy atom. The minimum atomic E-state index is -3.60. The second-order valence-corrected chi connectivity index (χ2v) is 18.8. The van der Waals surface area contributed by atoms with Gasteiger partial charge in [0.25, 0.3) is 0 Å². The summed E-state index contributed by atoms with van der Waals surface area (Å²) >= 11 is 14.1. The third-order valence-electron chi connectivity index (χ3n) is 4.59. The fourth-order valence-electron chi connectivity index (χ4n) is 3.52. The molecule has 6 nitrogen and oxygen atoms in total. The van der Waals surface area contributed by atoms with Crippen LogP contribution in [-0.2, 0) is 9.05 Å². The topological polar surface area (TPSA) is 49.7 Å². The number of halogens is 2. The normalized spacial score (nSPS) is 28.3. The average molecular weight is 429 g/mol. The molecule has 0 amide bonds.